The second-order valence-corrected chi connectivity index (χ2v) is 7.57. The van der Waals surface area contributed by atoms with Gasteiger partial charge in [0, 0.05) is 37.6 Å². The van der Waals surface area contributed by atoms with Crippen LogP contribution in [0.1, 0.15) is 23.2 Å². The molecular formula is C22H23N3O2. The Bertz CT molecular complexity index is 980. The fourth-order valence-electron chi connectivity index (χ4n) is 4.42. The molecule has 1 amide bonds. The molecule has 0 aliphatic carbocycles. The topological polar surface area (TPSA) is 49.6 Å². The summed E-state index contributed by atoms with van der Waals surface area (Å²) in [5.41, 5.74) is 4.39. The van der Waals surface area contributed by atoms with Crippen molar-refractivity contribution >= 4 is 16.9 Å². The first-order valence-corrected chi connectivity index (χ1v) is 9.70. The molecule has 1 aromatic heterocycles. The minimum atomic E-state index is 0.147. The Kier molecular flexibility index (Phi) is 4.17. The summed E-state index contributed by atoms with van der Waals surface area (Å²) in [4.78, 5) is 17.3. The Balaban J connectivity index is 1.24. The van der Waals surface area contributed by atoms with Crippen LogP contribution in [0.5, 0.6) is 0 Å². The number of carbonyl (C=O) groups excluding carboxylic acids is 1. The van der Waals surface area contributed by atoms with Crippen molar-refractivity contribution in [2.45, 2.75) is 31.8 Å². The average Bonchev–Trinajstić information content (AvgIpc) is 3.36. The van der Waals surface area contributed by atoms with Gasteiger partial charge in [0.1, 0.15) is 5.69 Å². The fourth-order valence-corrected chi connectivity index (χ4v) is 4.42. The van der Waals surface area contributed by atoms with E-state index in [0.29, 0.717) is 12.5 Å². The highest BCUT2D eigenvalue weighted by Crippen LogP contribution is 2.25. The predicted molar refractivity (Wildman–Crippen MR) is 103 cm³/mol. The van der Waals surface area contributed by atoms with E-state index in [2.05, 4.69) is 34.3 Å². The van der Waals surface area contributed by atoms with Crippen LogP contribution in [0.25, 0.3) is 11.0 Å². The Morgan fingerprint density at radius 1 is 1.07 bits per heavy atom. The molecule has 1 saturated heterocycles. The van der Waals surface area contributed by atoms with Gasteiger partial charge in [-0.05, 0) is 36.1 Å². The largest absolute Gasteiger partial charge is 0.356 e. The molecular weight excluding hydrogens is 338 g/mol. The van der Waals surface area contributed by atoms with Gasteiger partial charge in [0.15, 0.2) is 5.58 Å². The van der Waals surface area contributed by atoms with E-state index in [1.807, 2.05) is 29.2 Å². The minimum Gasteiger partial charge on any atom is -0.356 e. The van der Waals surface area contributed by atoms with Crippen LogP contribution in [0.4, 0.5) is 0 Å². The van der Waals surface area contributed by atoms with Gasteiger partial charge in [-0.2, -0.15) is 0 Å². The van der Waals surface area contributed by atoms with Gasteiger partial charge in [-0.3, -0.25) is 9.69 Å². The summed E-state index contributed by atoms with van der Waals surface area (Å²) >= 11 is 0. The standard InChI is InChI=1S/C22H23N3O2/c26-22(13-20-19-7-3-4-8-21(19)27-23-20)25-12-10-18(15-25)24-11-9-16-5-1-2-6-17(16)14-24/h1-8,18H,9-15H2. The summed E-state index contributed by atoms with van der Waals surface area (Å²) in [7, 11) is 0. The number of nitrogens with zero attached hydrogens (tertiary/aromatic N) is 3. The molecule has 2 aliphatic rings. The quantitative estimate of drug-likeness (QED) is 0.720. The third kappa shape index (κ3) is 3.12. The van der Waals surface area contributed by atoms with E-state index >= 15 is 0 Å². The molecule has 5 rings (SSSR count). The van der Waals surface area contributed by atoms with E-state index < -0.39 is 0 Å². The van der Waals surface area contributed by atoms with Crippen molar-refractivity contribution in [3.05, 3.63) is 65.4 Å². The number of aromatic nitrogens is 1. The summed E-state index contributed by atoms with van der Waals surface area (Å²) in [6.07, 6.45) is 2.46. The molecule has 2 aliphatic heterocycles. The van der Waals surface area contributed by atoms with Gasteiger partial charge in [-0.25, -0.2) is 0 Å². The lowest BCUT2D eigenvalue weighted by Gasteiger charge is -2.33. The van der Waals surface area contributed by atoms with Crippen LogP contribution < -0.4 is 0 Å². The first-order valence-electron chi connectivity index (χ1n) is 9.70. The lowest BCUT2D eigenvalue weighted by molar-refractivity contribution is -0.129. The van der Waals surface area contributed by atoms with Crippen LogP contribution in [-0.4, -0.2) is 46.5 Å². The Morgan fingerprint density at radius 3 is 2.81 bits per heavy atom. The number of hydrogen-bond acceptors (Lipinski definition) is 4. The molecule has 0 saturated carbocycles. The third-order valence-electron chi connectivity index (χ3n) is 5.96. The molecule has 5 nitrogen and oxygen atoms in total. The van der Waals surface area contributed by atoms with E-state index in [0.717, 1.165) is 55.7 Å². The zero-order valence-electron chi connectivity index (χ0n) is 15.3. The molecule has 138 valence electrons. The van der Waals surface area contributed by atoms with Crippen molar-refractivity contribution in [2.75, 3.05) is 19.6 Å². The average molecular weight is 361 g/mol. The molecule has 0 radical (unpaired) electrons. The van der Waals surface area contributed by atoms with Crippen molar-refractivity contribution < 1.29 is 9.32 Å². The summed E-state index contributed by atoms with van der Waals surface area (Å²) in [5.74, 6) is 0.147. The van der Waals surface area contributed by atoms with Gasteiger partial charge in [-0.1, -0.05) is 41.6 Å². The first kappa shape index (κ1) is 16.5. The zero-order chi connectivity index (χ0) is 18.2. The lowest BCUT2D eigenvalue weighted by Crippen LogP contribution is -2.41. The number of amides is 1. The molecule has 1 fully saturated rings. The van der Waals surface area contributed by atoms with Crippen LogP contribution in [0.2, 0.25) is 0 Å². The van der Waals surface area contributed by atoms with Gasteiger partial charge in [0.05, 0.1) is 6.42 Å². The molecule has 27 heavy (non-hydrogen) atoms. The fraction of sp³-hybridized carbons (Fsp3) is 0.364. The number of carbonyl (C=O) groups is 1. The van der Waals surface area contributed by atoms with Crippen molar-refractivity contribution in [1.29, 1.82) is 0 Å². The van der Waals surface area contributed by atoms with Gasteiger partial charge in [0.25, 0.3) is 0 Å². The highest BCUT2D eigenvalue weighted by atomic mass is 16.5. The van der Waals surface area contributed by atoms with Crippen LogP contribution in [0, 0.1) is 0 Å². The number of rotatable bonds is 3. The van der Waals surface area contributed by atoms with Gasteiger partial charge >= 0.3 is 0 Å². The van der Waals surface area contributed by atoms with E-state index in [1.165, 1.54) is 11.1 Å². The van der Waals surface area contributed by atoms with E-state index in [9.17, 15) is 4.79 Å². The van der Waals surface area contributed by atoms with Crippen LogP contribution in [-0.2, 0) is 24.2 Å². The number of hydrogen-bond donors (Lipinski definition) is 0. The molecule has 1 unspecified atom stereocenters. The van der Waals surface area contributed by atoms with E-state index in [4.69, 9.17) is 4.52 Å². The Morgan fingerprint density at radius 2 is 1.89 bits per heavy atom. The van der Waals surface area contributed by atoms with Crippen LogP contribution in [0.3, 0.4) is 0 Å². The molecule has 3 aromatic rings. The zero-order valence-corrected chi connectivity index (χ0v) is 15.3. The van der Waals surface area contributed by atoms with Crippen molar-refractivity contribution in [3.63, 3.8) is 0 Å². The summed E-state index contributed by atoms with van der Waals surface area (Å²) in [6, 6.07) is 16.9. The van der Waals surface area contributed by atoms with Crippen LogP contribution in [0.15, 0.2) is 53.1 Å². The third-order valence-corrected chi connectivity index (χ3v) is 5.96. The molecule has 2 aromatic carbocycles. The molecule has 3 heterocycles. The predicted octanol–water partition coefficient (Wildman–Crippen LogP) is 3.03. The molecule has 0 N–H and O–H groups in total. The summed E-state index contributed by atoms with van der Waals surface area (Å²) in [5, 5.41) is 5.05. The second-order valence-electron chi connectivity index (χ2n) is 7.57. The van der Waals surface area contributed by atoms with Crippen molar-refractivity contribution in [2.24, 2.45) is 0 Å². The maximum absolute atomic E-state index is 12.8. The van der Waals surface area contributed by atoms with Crippen molar-refractivity contribution in [3.8, 4) is 0 Å². The van der Waals surface area contributed by atoms with Gasteiger partial charge in [-0.15, -0.1) is 0 Å². The monoisotopic (exact) mass is 361 g/mol. The minimum absolute atomic E-state index is 0.147. The molecule has 0 spiro atoms. The maximum atomic E-state index is 12.8. The second kappa shape index (κ2) is 6.82. The van der Waals surface area contributed by atoms with Gasteiger partial charge < -0.3 is 9.42 Å². The lowest BCUT2D eigenvalue weighted by atomic mass is 9.98. The van der Waals surface area contributed by atoms with Crippen LogP contribution >= 0.6 is 0 Å². The Labute approximate surface area is 158 Å². The summed E-state index contributed by atoms with van der Waals surface area (Å²) in [6.45, 7) is 3.72. The van der Waals surface area contributed by atoms with Gasteiger partial charge in [0.2, 0.25) is 5.91 Å². The van der Waals surface area contributed by atoms with E-state index in [1.54, 1.807) is 0 Å². The number of para-hydroxylation sites is 1. The first-order chi connectivity index (χ1) is 13.3. The number of benzene rings is 2. The highest BCUT2D eigenvalue weighted by molar-refractivity contribution is 5.86. The Hall–Kier alpha value is -2.66. The highest BCUT2D eigenvalue weighted by Gasteiger charge is 2.32. The number of likely N-dealkylation sites (tertiary alicyclic amines) is 1. The number of fused-ring (bicyclic) bond motifs is 2. The molecule has 1 atom stereocenters. The van der Waals surface area contributed by atoms with E-state index in [-0.39, 0.29) is 5.91 Å². The maximum Gasteiger partial charge on any atom is 0.228 e. The SMILES string of the molecule is O=C(Cc1noc2ccccc12)N1CCC(N2CCc3ccccc3C2)C1. The molecule has 0 bridgehead atoms. The summed E-state index contributed by atoms with van der Waals surface area (Å²) < 4.78 is 5.33. The smallest absolute Gasteiger partial charge is 0.228 e. The van der Waals surface area contributed by atoms with Crippen molar-refractivity contribution in [1.82, 2.24) is 15.0 Å². The normalized spacial score (nSPS) is 20.1. The molecule has 5 heteroatoms.